The van der Waals surface area contributed by atoms with Crippen molar-refractivity contribution in [3.63, 3.8) is 0 Å². The molecule has 0 unspecified atom stereocenters. The largest absolute Gasteiger partial charge is 0.488 e. The summed E-state index contributed by atoms with van der Waals surface area (Å²) >= 11 is 12.6. The zero-order chi connectivity index (χ0) is 20.4. The van der Waals surface area contributed by atoms with E-state index in [1.807, 2.05) is 42.5 Å². The Morgan fingerprint density at radius 2 is 1.79 bits per heavy atom. The van der Waals surface area contributed by atoms with Crippen LogP contribution in [0.4, 0.5) is 4.39 Å². The van der Waals surface area contributed by atoms with Crippen molar-refractivity contribution >= 4 is 29.3 Å². The summed E-state index contributed by atoms with van der Waals surface area (Å²) < 4.78 is 23.7. The number of fused-ring (bicyclic) bond motifs is 1. The first-order valence-corrected chi connectivity index (χ1v) is 10.1. The minimum Gasteiger partial charge on any atom is -0.488 e. The smallest absolute Gasteiger partial charge is 0.276 e. The number of rotatable bonds is 5. The number of hydrogen-bond acceptors (Lipinski definition) is 2. The normalized spacial score (nSPS) is 13.6. The highest BCUT2D eigenvalue weighted by molar-refractivity contribution is 6.33. The van der Waals surface area contributed by atoms with E-state index in [0.29, 0.717) is 18.8 Å². The molecule has 4 nitrogen and oxygen atoms in total. The van der Waals surface area contributed by atoms with Gasteiger partial charge in [-0.3, -0.25) is 9.48 Å². The Labute approximate surface area is 177 Å². The minimum atomic E-state index is -0.607. The van der Waals surface area contributed by atoms with Crippen molar-refractivity contribution in [1.82, 2.24) is 9.36 Å². The first-order valence-electron chi connectivity index (χ1n) is 9.39. The van der Waals surface area contributed by atoms with E-state index in [0.717, 1.165) is 24.5 Å². The van der Waals surface area contributed by atoms with Crippen LogP contribution in [0.2, 0.25) is 10.2 Å². The van der Waals surface area contributed by atoms with Crippen LogP contribution in [-0.2, 0) is 13.1 Å². The summed E-state index contributed by atoms with van der Waals surface area (Å²) in [6.07, 6.45) is 5.58. The van der Waals surface area contributed by atoms with E-state index in [4.69, 9.17) is 27.9 Å². The molecule has 0 atom stereocenters. The summed E-state index contributed by atoms with van der Waals surface area (Å²) in [6.45, 7) is 1.46. The number of nitrogens with zero attached hydrogens (tertiary/aromatic N) is 2. The van der Waals surface area contributed by atoms with Crippen LogP contribution in [0.1, 0.15) is 18.4 Å². The van der Waals surface area contributed by atoms with E-state index in [2.05, 4.69) is 0 Å². The fraction of sp³-hybridized carbons (Fsp3) is 0.227. The van der Waals surface area contributed by atoms with E-state index >= 15 is 0 Å². The van der Waals surface area contributed by atoms with Crippen molar-refractivity contribution in [2.75, 3.05) is 6.61 Å². The minimum absolute atomic E-state index is 0.0980. The lowest BCUT2D eigenvalue weighted by Crippen LogP contribution is -2.27. The van der Waals surface area contributed by atoms with E-state index in [1.54, 1.807) is 9.36 Å². The third-order valence-electron chi connectivity index (χ3n) is 4.90. The maximum Gasteiger partial charge on any atom is 0.276 e. The van der Waals surface area contributed by atoms with Gasteiger partial charge < -0.3 is 4.74 Å². The second-order valence-corrected chi connectivity index (χ2v) is 7.58. The number of benzene rings is 2. The Balaban J connectivity index is 1.62. The number of halogens is 3. The van der Waals surface area contributed by atoms with Crippen LogP contribution < -0.4 is 10.3 Å². The Hall–Kier alpha value is -2.50. The van der Waals surface area contributed by atoms with Crippen molar-refractivity contribution in [3.05, 3.63) is 80.5 Å². The van der Waals surface area contributed by atoms with Gasteiger partial charge in [-0.05, 0) is 36.6 Å². The molecule has 0 amide bonds. The van der Waals surface area contributed by atoms with Crippen LogP contribution in [0.15, 0.2) is 53.3 Å². The van der Waals surface area contributed by atoms with Crippen LogP contribution >= 0.6 is 23.2 Å². The summed E-state index contributed by atoms with van der Waals surface area (Å²) in [4.78, 5) is 12.8. The fourth-order valence-electron chi connectivity index (χ4n) is 3.47. The fourth-order valence-corrected chi connectivity index (χ4v) is 4.03. The van der Waals surface area contributed by atoms with Gasteiger partial charge in [-0.15, -0.1) is 0 Å². The van der Waals surface area contributed by atoms with Gasteiger partial charge in [-0.1, -0.05) is 59.6 Å². The predicted molar refractivity (Wildman–Crippen MR) is 114 cm³/mol. The molecular weight excluding hydrogens is 414 g/mol. The highest BCUT2D eigenvalue weighted by Gasteiger charge is 2.25. The van der Waals surface area contributed by atoms with Crippen molar-refractivity contribution in [2.24, 2.45) is 0 Å². The predicted octanol–water partition coefficient (Wildman–Crippen LogP) is 5.65. The van der Waals surface area contributed by atoms with Gasteiger partial charge in [0.25, 0.3) is 5.56 Å². The summed E-state index contributed by atoms with van der Waals surface area (Å²) in [7, 11) is 0. The quantitative estimate of drug-likeness (QED) is 0.522. The molecule has 2 heterocycles. The maximum atomic E-state index is 14.7. The van der Waals surface area contributed by atoms with Crippen LogP contribution in [0.5, 0.6) is 5.75 Å². The number of hydrogen-bond donors (Lipinski definition) is 0. The van der Waals surface area contributed by atoms with Gasteiger partial charge in [0.1, 0.15) is 23.3 Å². The van der Waals surface area contributed by atoms with Gasteiger partial charge in [0.15, 0.2) is 0 Å². The molecule has 0 radical (unpaired) electrons. The van der Waals surface area contributed by atoms with E-state index in [-0.39, 0.29) is 33.5 Å². The van der Waals surface area contributed by atoms with Crippen LogP contribution in [-0.4, -0.2) is 16.0 Å². The van der Waals surface area contributed by atoms with Gasteiger partial charge in [-0.2, -0.15) is 0 Å². The second kappa shape index (κ2) is 8.47. The van der Waals surface area contributed by atoms with E-state index in [9.17, 15) is 9.18 Å². The zero-order valence-corrected chi connectivity index (χ0v) is 17.1. The van der Waals surface area contributed by atoms with Gasteiger partial charge in [0.2, 0.25) is 0 Å². The molecule has 1 aromatic heterocycles. The molecule has 7 heteroatoms. The Bertz CT molecular complexity index is 1120. The topological polar surface area (TPSA) is 36.2 Å². The zero-order valence-electron chi connectivity index (χ0n) is 15.6. The van der Waals surface area contributed by atoms with Crippen LogP contribution in [0.25, 0.3) is 17.2 Å². The third kappa shape index (κ3) is 3.98. The second-order valence-electron chi connectivity index (χ2n) is 6.81. The third-order valence-corrected chi connectivity index (χ3v) is 5.58. The molecule has 0 spiro atoms. The molecule has 0 saturated heterocycles. The monoisotopic (exact) mass is 432 g/mol. The molecule has 29 heavy (non-hydrogen) atoms. The summed E-state index contributed by atoms with van der Waals surface area (Å²) in [6, 6.07) is 12.4. The van der Waals surface area contributed by atoms with Crippen molar-refractivity contribution in [3.8, 4) is 16.9 Å². The summed E-state index contributed by atoms with van der Waals surface area (Å²) in [5.74, 6) is -0.310. The van der Waals surface area contributed by atoms with Crippen molar-refractivity contribution in [1.29, 1.82) is 0 Å². The van der Waals surface area contributed by atoms with E-state index in [1.165, 1.54) is 6.07 Å². The molecule has 0 N–H and O–H groups in total. The highest BCUT2D eigenvalue weighted by atomic mass is 35.5. The summed E-state index contributed by atoms with van der Waals surface area (Å²) in [5, 5.41) is 0.380. The molecular formula is C22H19Cl2FN2O2. The van der Waals surface area contributed by atoms with Gasteiger partial charge >= 0.3 is 0 Å². The van der Waals surface area contributed by atoms with Crippen LogP contribution in [0.3, 0.4) is 0 Å². The molecule has 1 aliphatic heterocycles. The average Bonchev–Trinajstić information content (AvgIpc) is 2.98. The Kier molecular flexibility index (Phi) is 5.79. The lowest BCUT2D eigenvalue weighted by atomic mass is 10.1. The molecule has 0 aliphatic carbocycles. The van der Waals surface area contributed by atoms with E-state index < -0.39 is 5.82 Å². The highest BCUT2D eigenvalue weighted by Crippen LogP contribution is 2.35. The first-order chi connectivity index (χ1) is 14.1. The molecule has 1 aliphatic rings. The lowest BCUT2D eigenvalue weighted by molar-refractivity contribution is 0.356. The molecule has 0 fully saturated rings. The van der Waals surface area contributed by atoms with Crippen LogP contribution in [0, 0.1) is 5.82 Å². The van der Waals surface area contributed by atoms with Gasteiger partial charge in [0, 0.05) is 18.7 Å². The number of ether oxygens (including phenoxy) is 1. The van der Waals surface area contributed by atoms with Crippen molar-refractivity contribution in [2.45, 2.75) is 25.9 Å². The average molecular weight is 433 g/mol. The molecule has 2 aromatic carbocycles. The molecule has 0 bridgehead atoms. The molecule has 0 saturated carbocycles. The lowest BCUT2D eigenvalue weighted by Gasteiger charge is -2.17. The molecule has 3 aromatic rings. The van der Waals surface area contributed by atoms with Crippen molar-refractivity contribution < 1.29 is 9.13 Å². The van der Waals surface area contributed by atoms with Gasteiger partial charge in [0.05, 0.1) is 10.6 Å². The molecule has 150 valence electrons. The Morgan fingerprint density at radius 3 is 2.52 bits per heavy atom. The standard InChI is InChI=1S/C22H19Cl2FN2O2/c23-17-14-18(25)16(20-21(24)26-10-4-5-11-27(26)22(20)28)13-19(17)29-12-6-9-15-7-2-1-3-8-15/h1-3,6-9,13-14H,4-5,10-12H2/b9-6+. The van der Waals surface area contributed by atoms with Gasteiger partial charge in [-0.25, -0.2) is 9.07 Å². The number of aromatic nitrogens is 2. The Morgan fingerprint density at radius 1 is 1.07 bits per heavy atom. The summed E-state index contributed by atoms with van der Waals surface area (Å²) in [5.41, 5.74) is 0.986. The maximum absolute atomic E-state index is 14.7. The molecule has 4 rings (SSSR count). The SMILES string of the molecule is O=c1c(-c2cc(OC/C=C/c3ccccc3)c(Cl)cc2F)c(Cl)n2n1CCCC2. The first kappa shape index (κ1) is 19.8.